The van der Waals surface area contributed by atoms with E-state index in [2.05, 4.69) is 15.0 Å². The highest BCUT2D eigenvalue weighted by Crippen LogP contribution is 2.28. The summed E-state index contributed by atoms with van der Waals surface area (Å²) in [5.41, 5.74) is 6.00. The van der Waals surface area contributed by atoms with Crippen molar-refractivity contribution >= 4 is 22.8 Å². The van der Waals surface area contributed by atoms with Crippen molar-refractivity contribution in [2.75, 3.05) is 6.61 Å². The molecule has 5 nitrogen and oxygen atoms in total. The predicted molar refractivity (Wildman–Crippen MR) is 143 cm³/mol. The first-order valence-corrected chi connectivity index (χ1v) is 11.9. The van der Waals surface area contributed by atoms with E-state index in [9.17, 15) is 8.78 Å². The SMILES string of the molecule is [2H]C1=C(C(C)OCCc2c(F)cccc2F)C2=CC3=NC(=CC4=NC(=CC5=NC(=CC1=N2)C=C5)C=C4)C=C3. The van der Waals surface area contributed by atoms with E-state index < -0.39 is 17.7 Å². The maximum Gasteiger partial charge on any atom is 0.129 e. The minimum Gasteiger partial charge on any atom is -0.373 e. The van der Waals surface area contributed by atoms with Gasteiger partial charge in [-0.15, -0.1) is 0 Å². The zero-order chi connectivity index (χ0) is 26.2. The number of aliphatic imine (C=N–C) groups is 4. The molecule has 0 radical (unpaired) electrons. The molecule has 0 saturated carbocycles. The van der Waals surface area contributed by atoms with Crippen LogP contribution in [0.1, 0.15) is 13.9 Å². The van der Waals surface area contributed by atoms with E-state index in [0.29, 0.717) is 28.4 Å². The number of fused-ring (bicyclic) bond motifs is 4. The van der Waals surface area contributed by atoms with Crippen molar-refractivity contribution in [3.05, 3.63) is 131 Å². The van der Waals surface area contributed by atoms with Gasteiger partial charge in [0.05, 0.1) is 59.7 Å². The number of hydrogen-bond donors (Lipinski definition) is 0. The van der Waals surface area contributed by atoms with Crippen molar-refractivity contribution in [1.82, 2.24) is 0 Å². The second kappa shape index (κ2) is 9.59. The van der Waals surface area contributed by atoms with Gasteiger partial charge < -0.3 is 4.74 Å². The molecule has 0 spiro atoms. The summed E-state index contributed by atoms with van der Waals surface area (Å²) in [7, 11) is 0. The maximum atomic E-state index is 14.0. The topological polar surface area (TPSA) is 58.7 Å². The average molecular weight is 494 g/mol. The van der Waals surface area contributed by atoms with Crippen LogP contribution in [-0.4, -0.2) is 35.6 Å². The molecular weight excluding hydrogens is 470 g/mol. The quantitative estimate of drug-likeness (QED) is 0.506. The van der Waals surface area contributed by atoms with Gasteiger partial charge in [0, 0.05) is 17.6 Å². The number of ether oxygens (including phenoxy) is 1. The average Bonchev–Trinajstić information content (AvgIpc) is 3.67. The summed E-state index contributed by atoms with van der Waals surface area (Å²) >= 11 is 0. The van der Waals surface area contributed by atoms with Crippen molar-refractivity contribution in [3.8, 4) is 0 Å². The Morgan fingerprint density at radius 2 is 1.30 bits per heavy atom. The van der Waals surface area contributed by atoms with Crippen LogP contribution in [0.2, 0.25) is 0 Å². The zero-order valence-electron chi connectivity index (χ0n) is 21.0. The Morgan fingerprint density at radius 1 is 0.757 bits per heavy atom. The van der Waals surface area contributed by atoms with Crippen molar-refractivity contribution in [2.24, 2.45) is 20.0 Å². The lowest BCUT2D eigenvalue weighted by atomic mass is 10.1. The minimum absolute atomic E-state index is 0.0180. The number of allylic oxidation sites excluding steroid dienone is 11. The molecular formula is C30H22F2N4O. The lowest BCUT2D eigenvalue weighted by molar-refractivity contribution is 0.0930. The van der Waals surface area contributed by atoms with Crippen LogP contribution in [0.15, 0.2) is 133 Å². The summed E-state index contributed by atoms with van der Waals surface area (Å²) in [4.78, 5) is 18.6. The van der Waals surface area contributed by atoms with Crippen LogP contribution in [0.3, 0.4) is 0 Å². The highest BCUT2D eigenvalue weighted by Gasteiger charge is 2.22. The van der Waals surface area contributed by atoms with E-state index in [4.69, 9.17) is 11.1 Å². The van der Waals surface area contributed by atoms with Crippen LogP contribution < -0.4 is 0 Å². The molecule has 8 bridgehead atoms. The Kier molecular flexibility index (Phi) is 5.68. The second-order valence-electron chi connectivity index (χ2n) is 8.85. The van der Waals surface area contributed by atoms with Crippen molar-refractivity contribution in [2.45, 2.75) is 19.4 Å². The van der Waals surface area contributed by atoms with Crippen molar-refractivity contribution in [1.29, 1.82) is 0 Å². The summed E-state index contributed by atoms with van der Waals surface area (Å²) < 4.78 is 42.9. The van der Waals surface area contributed by atoms with E-state index in [1.165, 1.54) is 18.2 Å². The molecule has 5 aliphatic rings. The molecule has 1 unspecified atom stereocenters. The molecule has 182 valence electrons. The van der Waals surface area contributed by atoms with Gasteiger partial charge in [-0.2, -0.15) is 0 Å². The third-order valence-corrected chi connectivity index (χ3v) is 6.18. The Hall–Kier alpha value is -4.36. The molecule has 1 atom stereocenters. The Morgan fingerprint density at radius 3 is 1.89 bits per heavy atom. The third kappa shape index (κ3) is 4.99. The van der Waals surface area contributed by atoms with Gasteiger partial charge in [0.1, 0.15) is 11.6 Å². The summed E-state index contributed by atoms with van der Waals surface area (Å²) in [6, 6.07) is 4.00. The first kappa shape index (κ1) is 21.9. The van der Waals surface area contributed by atoms with E-state index >= 15 is 0 Å². The lowest BCUT2D eigenvalue weighted by Crippen LogP contribution is -2.15. The Balaban J connectivity index is 1.33. The molecule has 6 rings (SSSR count). The van der Waals surface area contributed by atoms with Gasteiger partial charge >= 0.3 is 0 Å². The molecule has 0 saturated heterocycles. The second-order valence-corrected chi connectivity index (χ2v) is 8.85. The molecule has 5 heterocycles. The standard InChI is InChI=1S/C30H22F2N4O/c1-18(37-12-11-26-28(31)3-2-4-29(26)32)27-16-25-15-23-8-7-21(34-23)13-19-5-6-20(33-19)14-22-9-10-24(35-22)17-30(27)36-25/h2-10,13-18H,11-12H2,1H3/i16D. The van der Waals surface area contributed by atoms with E-state index in [1.54, 1.807) is 13.0 Å². The van der Waals surface area contributed by atoms with Crippen molar-refractivity contribution < 1.29 is 14.9 Å². The fraction of sp³-hybridized carbons (Fsp3) is 0.133. The molecule has 0 aromatic heterocycles. The van der Waals surface area contributed by atoms with Gasteiger partial charge in [0.25, 0.3) is 0 Å². The highest BCUT2D eigenvalue weighted by molar-refractivity contribution is 6.15. The highest BCUT2D eigenvalue weighted by atomic mass is 19.1. The molecule has 5 aliphatic heterocycles. The molecule has 1 aromatic carbocycles. The van der Waals surface area contributed by atoms with Gasteiger partial charge in [-0.1, -0.05) is 6.07 Å². The first-order chi connectivity index (χ1) is 18.4. The minimum atomic E-state index is -0.603. The van der Waals surface area contributed by atoms with Gasteiger partial charge in [-0.3, -0.25) is 0 Å². The number of halogens is 2. The molecule has 1 aromatic rings. The first-order valence-electron chi connectivity index (χ1n) is 12.4. The van der Waals surface area contributed by atoms with Crippen LogP contribution in [0.4, 0.5) is 8.78 Å². The van der Waals surface area contributed by atoms with Crippen LogP contribution >= 0.6 is 0 Å². The summed E-state index contributed by atoms with van der Waals surface area (Å²) in [6.07, 6.45) is 18.3. The van der Waals surface area contributed by atoms with Gasteiger partial charge in [-0.25, -0.2) is 28.8 Å². The van der Waals surface area contributed by atoms with E-state index in [0.717, 1.165) is 22.8 Å². The van der Waals surface area contributed by atoms with Crippen LogP contribution in [0, 0.1) is 11.6 Å². The molecule has 37 heavy (non-hydrogen) atoms. The number of nitrogens with zero attached hydrogens (tertiary/aromatic N) is 4. The van der Waals surface area contributed by atoms with Gasteiger partial charge in [-0.05, 0) is 85.9 Å². The lowest BCUT2D eigenvalue weighted by Gasteiger charge is -2.15. The zero-order valence-corrected chi connectivity index (χ0v) is 20.0. The number of rotatable bonds is 5. The number of benzene rings is 1. The molecule has 7 heteroatoms. The van der Waals surface area contributed by atoms with E-state index in [-0.39, 0.29) is 24.6 Å². The van der Waals surface area contributed by atoms with Crippen LogP contribution in [0.25, 0.3) is 0 Å². The molecule has 0 N–H and O–H groups in total. The normalized spacial score (nSPS) is 20.7. The number of hydrogen-bond acceptors (Lipinski definition) is 5. The summed E-state index contributed by atoms with van der Waals surface area (Å²) in [5, 5.41) is 0. The predicted octanol–water partition coefficient (Wildman–Crippen LogP) is 5.88. The van der Waals surface area contributed by atoms with Gasteiger partial charge in [0.2, 0.25) is 0 Å². The largest absolute Gasteiger partial charge is 0.373 e. The molecule has 0 aliphatic carbocycles. The third-order valence-electron chi connectivity index (χ3n) is 6.18. The smallest absolute Gasteiger partial charge is 0.129 e. The van der Waals surface area contributed by atoms with Crippen LogP contribution in [-0.2, 0) is 11.2 Å². The molecule has 0 amide bonds. The summed E-state index contributed by atoms with van der Waals surface area (Å²) in [5.74, 6) is -1.21. The van der Waals surface area contributed by atoms with Crippen molar-refractivity contribution in [3.63, 3.8) is 0 Å². The molecule has 0 fully saturated rings. The van der Waals surface area contributed by atoms with Crippen LogP contribution in [0.5, 0.6) is 0 Å². The van der Waals surface area contributed by atoms with E-state index in [1.807, 2.05) is 54.7 Å². The maximum absolute atomic E-state index is 14.0. The fourth-order valence-corrected chi connectivity index (χ4v) is 4.35. The fourth-order valence-electron chi connectivity index (χ4n) is 4.35. The Bertz CT molecular complexity index is 1610. The Labute approximate surface area is 214 Å². The monoisotopic (exact) mass is 493 g/mol. The summed E-state index contributed by atoms with van der Waals surface area (Å²) in [6.45, 7) is 1.88. The van der Waals surface area contributed by atoms with Gasteiger partial charge in [0.15, 0.2) is 0 Å².